The molecule has 0 spiro atoms. The fourth-order valence-electron chi connectivity index (χ4n) is 3.00. The molecular weight excluding hydrogens is 246 g/mol. The average molecular weight is 267 g/mol. The Bertz CT molecular complexity index is 619. The molecule has 0 bridgehead atoms. The topological polar surface area (TPSA) is 21.3 Å². The molecule has 0 amide bonds. The van der Waals surface area contributed by atoms with Gasteiger partial charge in [0.25, 0.3) is 0 Å². The van der Waals surface area contributed by atoms with Crippen LogP contribution in [-0.2, 0) is 12.8 Å². The predicted octanol–water partition coefficient (Wildman–Crippen LogP) is 3.95. The van der Waals surface area contributed by atoms with Gasteiger partial charge < -0.3 is 10.1 Å². The van der Waals surface area contributed by atoms with Gasteiger partial charge in [0.15, 0.2) is 0 Å². The van der Waals surface area contributed by atoms with Crippen molar-refractivity contribution < 1.29 is 4.74 Å². The third-order valence-corrected chi connectivity index (χ3v) is 4.01. The molecule has 0 aromatic heterocycles. The molecule has 2 heteroatoms. The number of rotatable bonds is 3. The van der Waals surface area contributed by atoms with Gasteiger partial charge in [-0.05, 0) is 48.6 Å². The van der Waals surface area contributed by atoms with E-state index in [9.17, 15) is 0 Å². The number of anilines is 1. The van der Waals surface area contributed by atoms with E-state index >= 15 is 0 Å². The molecule has 104 valence electrons. The zero-order chi connectivity index (χ0) is 13.9. The minimum absolute atomic E-state index is 0.940. The van der Waals surface area contributed by atoms with Crippen molar-refractivity contribution in [1.29, 1.82) is 0 Å². The summed E-state index contributed by atoms with van der Waals surface area (Å²) in [6.07, 6.45) is 3.33. The normalized spacial score (nSPS) is 13.5. The lowest BCUT2D eigenvalue weighted by molar-refractivity contribution is 0.410. The molecule has 20 heavy (non-hydrogen) atoms. The van der Waals surface area contributed by atoms with Gasteiger partial charge >= 0.3 is 0 Å². The Hall–Kier alpha value is -1.96. The maximum absolute atomic E-state index is 5.50. The SMILES string of the molecule is COc1ccc(C)cc1Cc1cccc2c1CCCN2. The lowest BCUT2D eigenvalue weighted by Crippen LogP contribution is -2.13. The third-order valence-electron chi connectivity index (χ3n) is 4.01. The Morgan fingerprint density at radius 2 is 2.05 bits per heavy atom. The smallest absolute Gasteiger partial charge is 0.122 e. The van der Waals surface area contributed by atoms with E-state index in [2.05, 4.69) is 48.6 Å². The van der Waals surface area contributed by atoms with Crippen molar-refractivity contribution in [1.82, 2.24) is 0 Å². The van der Waals surface area contributed by atoms with Gasteiger partial charge in [0.2, 0.25) is 0 Å². The summed E-state index contributed by atoms with van der Waals surface area (Å²) in [5.74, 6) is 0.983. The Labute approximate surface area is 120 Å². The van der Waals surface area contributed by atoms with E-state index in [1.54, 1.807) is 7.11 Å². The Balaban J connectivity index is 1.97. The van der Waals surface area contributed by atoms with Gasteiger partial charge in [-0.2, -0.15) is 0 Å². The van der Waals surface area contributed by atoms with Gasteiger partial charge in [-0.1, -0.05) is 29.8 Å². The molecular formula is C18H21NO. The van der Waals surface area contributed by atoms with Gasteiger partial charge in [-0.3, -0.25) is 0 Å². The summed E-state index contributed by atoms with van der Waals surface area (Å²) in [7, 11) is 1.75. The summed E-state index contributed by atoms with van der Waals surface area (Å²) in [5.41, 5.74) is 6.75. The van der Waals surface area contributed by atoms with Crippen LogP contribution < -0.4 is 10.1 Å². The molecule has 0 unspecified atom stereocenters. The number of aryl methyl sites for hydroxylation is 1. The molecule has 1 heterocycles. The Morgan fingerprint density at radius 1 is 1.15 bits per heavy atom. The van der Waals surface area contributed by atoms with Crippen molar-refractivity contribution in [3.8, 4) is 5.75 Å². The first kappa shape index (κ1) is 13.0. The number of nitrogens with one attached hydrogen (secondary N) is 1. The van der Waals surface area contributed by atoms with E-state index in [4.69, 9.17) is 4.74 Å². The van der Waals surface area contributed by atoms with Crippen molar-refractivity contribution in [3.63, 3.8) is 0 Å². The summed E-state index contributed by atoms with van der Waals surface area (Å²) in [6.45, 7) is 3.22. The highest BCUT2D eigenvalue weighted by molar-refractivity contribution is 5.57. The monoisotopic (exact) mass is 267 g/mol. The van der Waals surface area contributed by atoms with Crippen molar-refractivity contribution in [3.05, 3.63) is 58.7 Å². The third kappa shape index (κ3) is 2.51. The molecule has 2 aromatic rings. The maximum atomic E-state index is 5.50. The second kappa shape index (κ2) is 5.58. The number of ether oxygens (including phenoxy) is 1. The van der Waals surface area contributed by atoms with Gasteiger partial charge in [0.1, 0.15) is 5.75 Å². The molecule has 0 saturated heterocycles. The summed E-state index contributed by atoms with van der Waals surface area (Å²) in [4.78, 5) is 0. The van der Waals surface area contributed by atoms with Crippen LogP contribution in [0.1, 0.15) is 28.7 Å². The maximum Gasteiger partial charge on any atom is 0.122 e. The van der Waals surface area contributed by atoms with Crippen LogP contribution in [0.2, 0.25) is 0 Å². The largest absolute Gasteiger partial charge is 0.496 e. The molecule has 0 radical (unpaired) electrons. The lowest BCUT2D eigenvalue weighted by atomic mass is 9.93. The summed E-state index contributed by atoms with van der Waals surface area (Å²) in [5, 5.41) is 3.50. The van der Waals surface area contributed by atoms with Crippen LogP contribution in [0.4, 0.5) is 5.69 Å². The fourth-order valence-corrected chi connectivity index (χ4v) is 3.00. The van der Waals surface area contributed by atoms with Crippen LogP contribution in [0.3, 0.4) is 0 Å². The quantitative estimate of drug-likeness (QED) is 0.909. The highest BCUT2D eigenvalue weighted by Crippen LogP contribution is 2.29. The fraction of sp³-hybridized carbons (Fsp3) is 0.333. The number of benzene rings is 2. The van der Waals surface area contributed by atoms with Crippen LogP contribution in [0, 0.1) is 6.92 Å². The number of hydrogen-bond donors (Lipinski definition) is 1. The first-order valence-corrected chi connectivity index (χ1v) is 7.26. The van der Waals surface area contributed by atoms with Gasteiger partial charge in [0.05, 0.1) is 7.11 Å². The molecule has 2 aromatic carbocycles. The number of hydrogen-bond acceptors (Lipinski definition) is 2. The number of fused-ring (bicyclic) bond motifs is 1. The lowest BCUT2D eigenvalue weighted by Gasteiger charge is -2.21. The van der Waals surface area contributed by atoms with Crippen LogP contribution >= 0.6 is 0 Å². The average Bonchev–Trinajstić information content (AvgIpc) is 2.48. The van der Waals surface area contributed by atoms with Crippen molar-refractivity contribution in [2.75, 3.05) is 19.0 Å². The van der Waals surface area contributed by atoms with Crippen molar-refractivity contribution in [2.24, 2.45) is 0 Å². The van der Waals surface area contributed by atoms with E-state index in [1.165, 1.54) is 40.8 Å². The molecule has 1 N–H and O–H groups in total. The highest BCUT2D eigenvalue weighted by Gasteiger charge is 2.14. The van der Waals surface area contributed by atoms with E-state index in [0.717, 1.165) is 18.7 Å². The molecule has 1 aliphatic rings. The molecule has 0 saturated carbocycles. The van der Waals surface area contributed by atoms with Crippen LogP contribution in [-0.4, -0.2) is 13.7 Å². The van der Waals surface area contributed by atoms with E-state index in [0.29, 0.717) is 0 Å². The van der Waals surface area contributed by atoms with E-state index in [-0.39, 0.29) is 0 Å². The molecule has 0 atom stereocenters. The highest BCUT2D eigenvalue weighted by atomic mass is 16.5. The molecule has 3 rings (SSSR count). The first-order chi connectivity index (χ1) is 9.78. The first-order valence-electron chi connectivity index (χ1n) is 7.26. The van der Waals surface area contributed by atoms with Crippen LogP contribution in [0.5, 0.6) is 5.75 Å². The Morgan fingerprint density at radius 3 is 2.90 bits per heavy atom. The minimum Gasteiger partial charge on any atom is -0.496 e. The van der Waals surface area contributed by atoms with Crippen LogP contribution in [0.15, 0.2) is 36.4 Å². The predicted molar refractivity (Wildman–Crippen MR) is 83.8 cm³/mol. The van der Waals surface area contributed by atoms with Gasteiger partial charge in [0, 0.05) is 18.7 Å². The molecule has 1 aliphatic heterocycles. The second-order valence-electron chi connectivity index (χ2n) is 5.47. The van der Waals surface area contributed by atoms with E-state index in [1.807, 2.05) is 0 Å². The van der Waals surface area contributed by atoms with Gasteiger partial charge in [-0.15, -0.1) is 0 Å². The minimum atomic E-state index is 0.940. The summed E-state index contributed by atoms with van der Waals surface area (Å²) >= 11 is 0. The number of methoxy groups -OCH3 is 1. The van der Waals surface area contributed by atoms with Crippen molar-refractivity contribution in [2.45, 2.75) is 26.2 Å². The van der Waals surface area contributed by atoms with Crippen LogP contribution in [0.25, 0.3) is 0 Å². The Kier molecular flexibility index (Phi) is 3.64. The zero-order valence-electron chi connectivity index (χ0n) is 12.2. The molecule has 0 fully saturated rings. The molecule has 2 nitrogen and oxygen atoms in total. The standard InChI is InChI=1S/C18H21NO/c1-13-8-9-18(20-2)15(11-13)12-14-5-3-7-17-16(14)6-4-10-19-17/h3,5,7-9,11,19H,4,6,10,12H2,1-2H3. The second-order valence-corrected chi connectivity index (χ2v) is 5.47. The molecule has 0 aliphatic carbocycles. The summed E-state index contributed by atoms with van der Waals surface area (Å²) in [6, 6.07) is 13.0. The van der Waals surface area contributed by atoms with Gasteiger partial charge in [-0.25, -0.2) is 0 Å². The summed E-state index contributed by atoms with van der Waals surface area (Å²) < 4.78 is 5.50. The van der Waals surface area contributed by atoms with Crippen molar-refractivity contribution >= 4 is 5.69 Å². The van der Waals surface area contributed by atoms with E-state index < -0.39 is 0 Å². The zero-order valence-corrected chi connectivity index (χ0v) is 12.2.